The fourth-order valence-electron chi connectivity index (χ4n) is 2.55. The molecule has 1 aliphatic rings. The largest absolute Gasteiger partial charge is 0.395 e. The SMILES string of the molecule is CC(C)c1nc(CN2C(C)CCCC2CO)no1. The van der Waals surface area contributed by atoms with E-state index in [1.807, 2.05) is 13.8 Å². The second-order valence-corrected chi connectivity index (χ2v) is 5.49. The van der Waals surface area contributed by atoms with Crippen molar-refractivity contribution in [1.82, 2.24) is 15.0 Å². The molecule has 1 fully saturated rings. The molecular formula is C13H23N3O2. The van der Waals surface area contributed by atoms with Crippen LogP contribution in [0.5, 0.6) is 0 Å². The topological polar surface area (TPSA) is 62.4 Å². The van der Waals surface area contributed by atoms with Crippen LogP contribution in [0.25, 0.3) is 0 Å². The second-order valence-electron chi connectivity index (χ2n) is 5.49. The van der Waals surface area contributed by atoms with Crippen molar-refractivity contribution in [2.45, 2.75) is 64.6 Å². The van der Waals surface area contributed by atoms with Gasteiger partial charge in [0, 0.05) is 18.0 Å². The third-order valence-corrected chi connectivity index (χ3v) is 3.71. The second kappa shape index (κ2) is 5.80. The molecule has 1 N–H and O–H groups in total. The maximum atomic E-state index is 9.44. The molecule has 2 rings (SSSR count). The number of aromatic nitrogens is 2. The smallest absolute Gasteiger partial charge is 0.229 e. The van der Waals surface area contributed by atoms with Crippen molar-refractivity contribution >= 4 is 0 Å². The summed E-state index contributed by atoms with van der Waals surface area (Å²) in [5.74, 6) is 1.68. The summed E-state index contributed by atoms with van der Waals surface area (Å²) < 4.78 is 5.22. The molecule has 18 heavy (non-hydrogen) atoms. The predicted octanol–water partition coefficient (Wildman–Crippen LogP) is 1.93. The minimum absolute atomic E-state index is 0.208. The molecule has 0 bridgehead atoms. The van der Waals surface area contributed by atoms with Crippen LogP contribution in [0.15, 0.2) is 4.52 Å². The highest BCUT2D eigenvalue weighted by Gasteiger charge is 2.28. The minimum Gasteiger partial charge on any atom is -0.395 e. The molecule has 0 aliphatic carbocycles. The van der Waals surface area contributed by atoms with Gasteiger partial charge in [0.25, 0.3) is 0 Å². The van der Waals surface area contributed by atoms with Crippen LogP contribution >= 0.6 is 0 Å². The molecule has 0 spiro atoms. The van der Waals surface area contributed by atoms with Crippen molar-refractivity contribution in [3.8, 4) is 0 Å². The van der Waals surface area contributed by atoms with E-state index in [0.717, 1.165) is 12.2 Å². The maximum absolute atomic E-state index is 9.44. The quantitative estimate of drug-likeness (QED) is 0.888. The molecular weight excluding hydrogens is 230 g/mol. The summed E-state index contributed by atoms with van der Waals surface area (Å²) >= 11 is 0. The fraction of sp³-hybridized carbons (Fsp3) is 0.846. The zero-order valence-corrected chi connectivity index (χ0v) is 11.5. The molecule has 0 radical (unpaired) electrons. The van der Waals surface area contributed by atoms with E-state index in [1.165, 1.54) is 12.8 Å². The van der Waals surface area contributed by atoms with Gasteiger partial charge in [0.2, 0.25) is 5.89 Å². The highest BCUT2D eigenvalue weighted by atomic mass is 16.5. The summed E-state index contributed by atoms with van der Waals surface area (Å²) in [5.41, 5.74) is 0. The first kappa shape index (κ1) is 13.5. The number of piperidine rings is 1. The number of nitrogens with zero attached hydrogens (tertiary/aromatic N) is 3. The Hall–Kier alpha value is -0.940. The van der Waals surface area contributed by atoms with Crippen molar-refractivity contribution in [2.24, 2.45) is 0 Å². The van der Waals surface area contributed by atoms with Gasteiger partial charge in [-0.2, -0.15) is 4.98 Å². The molecule has 1 aromatic rings. The van der Waals surface area contributed by atoms with E-state index in [9.17, 15) is 5.11 Å². The summed E-state index contributed by atoms with van der Waals surface area (Å²) in [4.78, 5) is 6.70. The van der Waals surface area contributed by atoms with Crippen molar-refractivity contribution in [2.75, 3.05) is 6.61 Å². The van der Waals surface area contributed by atoms with Crippen LogP contribution in [0.3, 0.4) is 0 Å². The van der Waals surface area contributed by atoms with Crippen molar-refractivity contribution < 1.29 is 9.63 Å². The Kier molecular flexibility index (Phi) is 4.35. The molecule has 2 unspecified atom stereocenters. The van der Waals surface area contributed by atoms with Gasteiger partial charge in [-0.3, -0.25) is 4.90 Å². The van der Waals surface area contributed by atoms with Gasteiger partial charge in [0.05, 0.1) is 13.2 Å². The van der Waals surface area contributed by atoms with Gasteiger partial charge in [-0.1, -0.05) is 25.4 Å². The fourth-order valence-corrected chi connectivity index (χ4v) is 2.55. The Morgan fingerprint density at radius 2 is 2.22 bits per heavy atom. The predicted molar refractivity (Wildman–Crippen MR) is 68.1 cm³/mol. The van der Waals surface area contributed by atoms with Crippen LogP contribution in [-0.4, -0.2) is 38.8 Å². The third kappa shape index (κ3) is 2.90. The Labute approximate surface area is 108 Å². The van der Waals surface area contributed by atoms with E-state index in [1.54, 1.807) is 0 Å². The van der Waals surface area contributed by atoms with E-state index < -0.39 is 0 Å². The van der Waals surface area contributed by atoms with Gasteiger partial charge < -0.3 is 9.63 Å². The van der Waals surface area contributed by atoms with E-state index in [-0.39, 0.29) is 18.6 Å². The van der Waals surface area contributed by atoms with Crippen molar-refractivity contribution in [3.63, 3.8) is 0 Å². The number of hydrogen-bond acceptors (Lipinski definition) is 5. The minimum atomic E-state index is 0.208. The van der Waals surface area contributed by atoms with E-state index in [2.05, 4.69) is 22.0 Å². The summed E-state index contributed by atoms with van der Waals surface area (Å²) in [5, 5.41) is 13.5. The van der Waals surface area contributed by atoms with Gasteiger partial charge in [0.1, 0.15) is 0 Å². The molecule has 5 nitrogen and oxygen atoms in total. The van der Waals surface area contributed by atoms with Gasteiger partial charge >= 0.3 is 0 Å². The first-order valence-corrected chi connectivity index (χ1v) is 6.81. The number of hydrogen-bond donors (Lipinski definition) is 1. The van der Waals surface area contributed by atoms with Crippen LogP contribution in [-0.2, 0) is 6.54 Å². The molecule has 0 aromatic carbocycles. The lowest BCUT2D eigenvalue weighted by Gasteiger charge is -2.39. The molecule has 0 amide bonds. The van der Waals surface area contributed by atoms with Crippen molar-refractivity contribution in [1.29, 1.82) is 0 Å². The molecule has 1 aliphatic heterocycles. The Bertz CT molecular complexity index is 378. The maximum Gasteiger partial charge on any atom is 0.229 e. The average Bonchev–Trinajstić information content (AvgIpc) is 2.80. The first-order valence-electron chi connectivity index (χ1n) is 6.81. The lowest BCUT2D eigenvalue weighted by Crippen LogP contribution is -2.46. The number of likely N-dealkylation sites (tertiary alicyclic amines) is 1. The Morgan fingerprint density at radius 1 is 1.44 bits per heavy atom. The highest BCUT2D eigenvalue weighted by Crippen LogP contribution is 2.24. The summed E-state index contributed by atoms with van der Waals surface area (Å²) in [6.45, 7) is 7.15. The zero-order chi connectivity index (χ0) is 13.1. The van der Waals surface area contributed by atoms with Gasteiger partial charge in [-0.25, -0.2) is 0 Å². The number of aliphatic hydroxyl groups excluding tert-OH is 1. The van der Waals surface area contributed by atoms with E-state index in [4.69, 9.17) is 4.52 Å². The Morgan fingerprint density at radius 3 is 2.83 bits per heavy atom. The molecule has 1 aromatic heterocycles. The van der Waals surface area contributed by atoms with Crippen LogP contribution in [0.2, 0.25) is 0 Å². The summed E-state index contributed by atoms with van der Waals surface area (Å²) in [6, 6.07) is 0.701. The van der Waals surface area contributed by atoms with Gasteiger partial charge in [-0.05, 0) is 19.8 Å². The zero-order valence-electron chi connectivity index (χ0n) is 11.5. The average molecular weight is 253 g/mol. The molecule has 2 heterocycles. The Balaban J connectivity index is 2.05. The monoisotopic (exact) mass is 253 g/mol. The van der Waals surface area contributed by atoms with Crippen LogP contribution < -0.4 is 0 Å². The number of aliphatic hydroxyl groups is 1. The molecule has 102 valence electrons. The van der Waals surface area contributed by atoms with Crippen LogP contribution in [0, 0.1) is 0 Å². The highest BCUT2D eigenvalue weighted by molar-refractivity contribution is 4.93. The van der Waals surface area contributed by atoms with E-state index >= 15 is 0 Å². The van der Waals surface area contributed by atoms with Gasteiger partial charge in [0.15, 0.2) is 5.82 Å². The molecule has 0 saturated carbocycles. The van der Waals surface area contributed by atoms with Crippen LogP contribution in [0.4, 0.5) is 0 Å². The third-order valence-electron chi connectivity index (χ3n) is 3.71. The van der Waals surface area contributed by atoms with E-state index in [0.29, 0.717) is 18.5 Å². The first-order chi connectivity index (χ1) is 8.61. The lowest BCUT2D eigenvalue weighted by atomic mass is 9.97. The normalized spacial score (nSPS) is 25.8. The van der Waals surface area contributed by atoms with Crippen LogP contribution in [0.1, 0.15) is 57.7 Å². The summed E-state index contributed by atoms with van der Waals surface area (Å²) in [6.07, 6.45) is 3.41. The molecule has 2 atom stereocenters. The molecule has 1 saturated heterocycles. The standard InChI is InChI=1S/C13H23N3O2/c1-9(2)13-14-12(15-18-13)7-16-10(3)5-4-6-11(16)8-17/h9-11,17H,4-8H2,1-3H3. The van der Waals surface area contributed by atoms with Gasteiger partial charge in [-0.15, -0.1) is 0 Å². The summed E-state index contributed by atoms with van der Waals surface area (Å²) in [7, 11) is 0. The van der Waals surface area contributed by atoms with Crippen molar-refractivity contribution in [3.05, 3.63) is 11.7 Å². The lowest BCUT2D eigenvalue weighted by molar-refractivity contribution is 0.0425. The molecule has 5 heteroatoms. The number of rotatable bonds is 4.